The van der Waals surface area contributed by atoms with Crippen LogP contribution in [-0.4, -0.2) is 19.9 Å². The molecule has 0 radical (unpaired) electrons. The normalized spacial score (nSPS) is 11.2. The smallest absolute Gasteiger partial charge is 0.182 e. The maximum absolute atomic E-state index is 13.0. The largest absolute Gasteiger partial charge is 0.344 e. The zero-order valence-electron chi connectivity index (χ0n) is 18.8. The van der Waals surface area contributed by atoms with E-state index >= 15 is 0 Å². The number of carbonyl (C=O) groups excluding carboxylic acids is 1. The third kappa shape index (κ3) is 3.82. The predicted octanol–water partition coefficient (Wildman–Crippen LogP) is 6.73. The van der Waals surface area contributed by atoms with Crippen LogP contribution in [0.2, 0.25) is 0 Å². The highest BCUT2D eigenvalue weighted by molar-refractivity contribution is 8.93. The monoisotopic (exact) mass is 509 g/mol. The molecule has 0 atom stereocenters. The summed E-state index contributed by atoms with van der Waals surface area (Å²) in [5.41, 5.74) is 4.36. The first-order chi connectivity index (χ1) is 16.2. The number of hydrogen-bond donors (Lipinski definition) is 0. The summed E-state index contributed by atoms with van der Waals surface area (Å²) in [4.78, 5) is 17.6. The molecule has 0 spiro atoms. The zero-order valence-corrected chi connectivity index (χ0v) is 20.5. The number of hydrogen-bond acceptors (Lipinski definition) is 2. The van der Waals surface area contributed by atoms with Crippen LogP contribution in [0.15, 0.2) is 97.3 Å². The van der Waals surface area contributed by atoms with E-state index in [0.717, 1.165) is 22.2 Å². The Bertz CT molecular complexity index is 1660. The van der Waals surface area contributed by atoms with Gasteiger partial charge in [-0.3, -0.25) is 4.79 Å². The van der Waals surface area contributed by atoms with Crippen molar-refractivity contribution in [2.24, 2.45) is 7.05 Å². The Balaban J connectivity index is 0.00000241. The third-order valence-electron chi connectivity index (χ3n) is 6.53. The second-order valence-corrected chi connectivity index (χ2v) is 8.56. The fraction of sp³-hybridized carbons (Fsp3) is 0.103. The van der Waals surface area contributed by atoms with Gasteiger partial charge in [0.1, 0.15) is 5.82 Å². The molecule has 0 bridgehead atoms. The highest BCUT2D eigenvalue weighted by atomic mass is 79.9. The van der Waals surface area contributed by atoms with Gasteiger partial charge in [-0.15, -0.1) is 17.0 Å². The molecule has 0 fully saturated rings. The topological polar surface area (TPSA) is 39.8 Å². The van der Waals surface area contributed by atoms with Crippen molar-refractivity contribution >= 4 is 55.3 Å². The number of imidazole rings is 1. The molecular formula is C29H24BrN3O. The fourth-order valence-electron chi connectivity index (χ4n) is 4.77. The summed E-state index contributed by atoms with van der Waals surface area (Å²) < 4.78 is 4.20. The van der Waals surface area contributed by atoms with Gasteiger partial charge in [0, 0.05) is 53.2 Å². The van der Waals surface area contributed by atoms with Gasteiger partial charge >= 0.3 is 0 Å². The number of benzene rings is 4. The lowest BCUT2D eigenvalue weighted by atomic mass is 10.0. The first-order valence-electron chi connectivity index (χ1n) is 11.2. The quantitative estimate of drug-likeness (QED) is 0.241. The van der Waals surface area contributed by atoms with Gasteiger partial charge in [-0.1, -0.05) is 60.7 Å². The van der Waals surface area contributed by atoms with Crippen molar-refractivity contribution in [1.29, 1.82) is 0 Å². The average molecular weight is 510 g/mol. The van der Waals surface area contributed by atoms with Crippen LogP contribution >= 0.6 is 17.0 Å². The number of Topliss-reactive ketones (excluding diaryl/α,β-unsaturated/α-hetero) is 1. The lowest BCUT2D eigenvalue weighted by Crippen LogP contribution is -2.13. The van der Waals surface area contributed by atoms with Crippen LogP contribution in [0.5, 0.6) is 0 Å². The van der Waals surface area contributed by atoms with E-state index in [-0.39, 0.29) is 29.3 Å². The van der Waals surface area contributed by atoms with Gasteiger partial charge in [0.2, 0.25) is 0 Å². The van der Waals surface area contributed by atoms with Crippen LogP contribution in [0, 0.1) is 0 Å². The van der Waals surface area contributed by atoms with Gasteiger partial charge in [0.05, 0.1) is 6.54 Å². The Morgan fingerprint density at radius 3 is 2.47 bits per heavy atom. The number of fused-ring (bicyclic) bond motifs is 4. The Labute approximate surface area is 208 Å². The van der Waals surface area contributed by atoms with Gasteiger partial charge in [-0.05, 0) is 40.6 Å². The van der Waals surface area contributed by atoms with Gasteiger partial charge < -0.3 is 9.13 Å². The van der Waals surface area contributed by atoms with Crippen molar-refractivity contribution in [1.82, 2.24) is 14.1 Å². The first-order valence-corrected chi connectivity index (χ1v) is 11.2. The summed E-state index contributed by atoms with van der Waals surface area (Å²) in [5.74, 6) is 0.980. The number of aromatic nitrogens is 3. The number of rotatable bonds is 5. The second kappa shape index (κ2) is 8.92. The molecule has 34 heavy (non-hydrogen) atoms. The molecule has 4 aromatic carbocycles. The molecule has 0 aliphatic rings. The summed E-state index contributed by atoms with van der Waals surface area (Å²) in [6.07, 6.45) is 4.35. The summed E-state index contributed by atoms with van der Waals surface area (Å²) >= 11 is 0. The third-order valence-corrected chi connectivity index (χ3v) is 6.53. The zero-order chi connectivity index (χ0) is 22.4. The Hall–Kier alpha value is -3.70. The molecule has 0 N–H and O–H groups in total. The van der Waals surface area contributed by atoms with Crippen LogP contribution < -0.4 is 0 Å². The Morgan fingerprint density at radius 1 is 0.824 bits per heavy atom. The molecule has 0 aliphatic heterocycles. The van der Waals surface area contributed by atoms with E-state index in [0.29, 0.717) is 6.42 Å². The molecule has 0 aliphatic carbocycles. The predicted molar refractivity (Wildman–Crippen MR) is 144 cm³/mol. The minimum atomic E-state index is 0. The summed E-state index contributed by atoms with van der Waals surface area (Å²) in [7, 11) is 2.11. The number of para-hydroxylation sites is 1. The summed E-state index contributed by atoms with van der Waals surface area (Å²) in [6.45, 7) is 0.282. The molecular weight excluding hydrogens is 486 g/mol. The number of nitrogens with zero attached hydrogens (tertiary/aromatic N) is 3. The van der Waals surface area contributed by atoms with Crippen LogP contribution in [0.1, 0.15) is 21.7 Å². The van der Waals surface area contributed by atoms with E-state index < -0.39 is 0 Å². The first kappa shape index (κ1) is 22.1. The number of carbonyl (C=O) groups is 1. The molecule has 0 amide bonds. The summed E-state index contributed by atoms with van der Waals surface area (Å²) in [5, 5.41) is 4.72. The van der Waals surface area contributed by atoms with E-state index in [9.17, 15) is 4.79 Å². The van der Waals surface area contributed by atoms with Crippen LogP contribution in [-0.2, 0) is 20.0 Å². The molecule has 168 valence electrons. The highest BCUT2D eigenvalue weighted by Crippen LogP contribution is 2.29. The van der Waals surface area contributed by atoms with E-state index in [2.05, 4.69) is 65.1 Å². The Kier molecular flexibility index (Phi) is 5.80. The van der Waals surface area contributed by atoms with E-state index in [4.69, 9.17) is 0 Å². The molecule has 5 heteroatoms. The van der Waals surface area contributed by atoms with Gasteiger partial charge in [0.25, 0.3) is 0 Å². The van der Waals surface area contributed by atoms with E-state index in [1.54, 1.807) is 6.20 Å². The van der Waals surface area contributed by atoms with E-state index in [1.165, 1.54) is 27.4 Å². The van der Waals surface area contributed by atoms with Crippen molar-refractivity contribution < 1.29 is 4.79 Å². The average Bonchev–Trinajstić information content (AvgIpc) is 3.40. The molecule has 6 aromatic rings. The molecule has 2 aromatic heterocycles. The minimum Gasteiger partial charge on any atom is -0.344 e. The minimum absolute atomic E-state index is 0. The Morgan fingerprint density at radius 2 is 1.59 bits per heavy atom. The number of halogens is 1. The molecule has 0 saturated heterocycles. The summed E-state index contributed by atoms with van der Waals surface area (Å²) in [6, 6.07) is 29.1. The standard InChI is InChI=1S/C29H23N3O.BrH/c1-31-26-9-5-4-8-24(26)25-16-20(10-13-27(25)31)17-29-30-14-15-32(29)19-28(33)23-12-11-21-6-2-3-7-22(21)18-23;/h2-16,18H,17,19H2,1H3;1H. The lowest BCUT2D eigenvalue weighted by molar-refractivity contribution is 0.0971. The molecule has 2 heterocycles. The molecule has 6 rings (SSSR count). The van der Waals surface area contributed by atoms with Crippen LogP contribution in [0.4, 0.5) is 0 Å². The molecule has 4 nitrogen and oxygen atoms in total. The highest BCUT2D eigenvalue weighted by Gasteiger charge is 2.13. The van der Waals surface area contributed by atoms with Gasteiger partial charge in [-0.25, -0.2) is 4.98 Å². The van der Waals surface area contributed by atoms with Crippen molar-refractivity contribution in [2.45, 2.75) is 13.0 Å². The van der Waals surface area contributed by atoms with Crippen molar-refractivity contribution in [3.63, 3.8) is 0 Å². The SMILES string of the molecule is Br.Cn1c2ccccc2c2cc(Cc3nccn3CC(=O)c3ccc4ccccc4c3)ccc21. The molecule has 0 unspecified atom stereocenters. The number of ketones is 1. The van der Waals surface area contributed by atoms with Crippen molar-refractivity contribution in [2.75, 3.05) is 0 Å². The van der Waals surface area contributed by atoms with Crippen LogP contribution in [0.3, 0.4) is 0 Å². The maximum Gasteiger partial charge on any atom is 0.182 e. The number of aryl methyl sites for hydroxylation is 1. The second-order valence-electron chi connectivity index (χ2n) is 8.56. The van der Waals surface area contributed by atoms with Crippen molar-refractivity contribution in [3.05, 3.63) is 114 Å². The van der Waals surface area contributed by atoms with Crippen molar-refractivity contribution in [3.8, 4) is 0 Å². The van der Waals surface area contributed by atoms with Gasteiger partial charge in [-0.2, -0.15) is 0 Å². The van der Waals surface area contributed by atoms with Gasteiger partial charge in [0.15, 0.2) is 5.78 Å². The lowest BCUT2D eigenvalue weighted by Gasteiger charge is -2.09. The molecule has 0 saturated carbocycles. The maximum atomic E-state index is 13.0. The van der Waals surface area contributed by atoms with E-state index in [1.807, 2.05) is 47.2 Å². The fourth-order valence-corrected chi connectivity index (χ4v) is 4.77. The van der Waals surface area contributed by atoms with Crippen LogP contribution in [0.25, 0.3) is 32.6 Å².